The lowest BCUT2D eigenvalue weighted by Crippen LogP contribution is -2.41. The minimum atomic E-state index is -6.09. The molecule has 0 rings (SSSR count). The summed E-state index contributed by atoms with van der Waals surface area (Å²) in [5.74, 6) is 0. The highest BCUT2D eigenvalue weighted by Gasteiger charge is 2.60. The van der Waals surface area contributed by atoms with Crippen molar-refractivity contribution >= 4 is 10.1 Å². The maximum Gasteiger partial charge on any atom is 0.482 e. The van der Waals surface area contributed by atoms with Gasteiger partial charge in [-0.3, -0.25) is 4.55 Å². The molecule has 15 heavy (non-hydrogen) atoms. The summed E-state index contributed by atoms with van der Waals surface area (Å²) in [4.78, 5) is 0. The molecule has 92 valence electrons. The zero-order chi connectivity index (χ0) is 12.5. The molecular weight excluding hydrogens is 258 g/mol. The molecular formula is C4H4F6O4S. The van der Waals surface area contributed by atoms with Gasteiger partial charge in [0.15, 0.2) is 0 Å². The fraction of sp³-hybridized carbons (Fsp3) is 1.00. The molecule has 0 aliphatic carbocycles. The Morgan fingerprint density at radius 1 is 1.20 bits per heavy atom. The predicted octanol–water partition coefficient (Wildman–Crippen LogP) is 1.34. The van der Waals surface area contributed by atoms with Crippen molar-refractivity contribution in [3.63, 3.8) is 0 Å². The lowest BCUT2D eigenvalue weighted by atomic mass is 10.6. The van der Waals surface area contributed by atoms with Crippen LogP contribution in [-0.2, 0) is 14.9 Å². The van der Waals surface area contributed by atoms with E-state index in [1.54, 1.807) is 0 Å². The molecule has 0 fully saturated rings. The average molecular weight is 262 g/mol. The van der Waals surface area contributed by atoms with E-state index in [1.807, 2.05) is 0 Å². The van der Waals surface area contributed by atoms with Gasteiger partial charge in [0.1, 0.15) is 6.61 Å². The maximum absolute atomic E-state index is 12.2. The Morgan fingerprint density at radius 3 is 1.87 bits per heavy atom. The first-order chi connectivity index (χ1) is 6.38. The molecule has 0 aliphatic heterocycles. The van der Waals surface area contributed by atoms with Crippen LogP contribution in [0.25, 0.3) is 0 Å². The smallest absolute Gasteiger partial charge is 0.309 e. The van der Waals surface area contributed by atoms with Gasteiger partial charge in [-0.15, -0.1) is 0 Å². The highest BCUT2D eigenvalue weighted by atomic mass is 32.2. The van der Waals surface area contributed by atoms with Crippen molar-refractivity contribution in [1.29, 1.82) is 0 Å². The lowest BCUT2D eigenvalue weighted by molar-refractivity contribution is -0.392. The monoisotopic (exact) mass is 262 g/mol. The summed E-state index contributed by atoms with van der Waals surface area (Å²) in [5, 5.41) is 0. The molecule has 0 aromatic rings. The van der Waals surface area contributed by atoms with Gasteiger partial charge in [-0.05, 0) is 0 Å². The quantitative estimate of drug-likeness (QED) is 0.613. The van der Waals surface area contributed by atoms with Crippen LogP contribution >= 0.6 is 0 Å². The van der Waals surface area contributed by atoms with E-state index in [1.165, 1.54) is 0 Å². The van der Waals surface area contributed by atoms with Gasteiger partial charge < -0.3 is 4.74 Å². The van der Waals surface area contributed by atoms with Crippen LogP contribution in [-0.4, -0.2) is 37.4 Å². The van der Waals surface area contributed by atoms with Crippen LogP contribution in [0.3, 0.4) is 0 Å². The van der Waals surface area contributed by atoms with Crippen LogP contribution in [0, 0.1) is 0 Å². The molecule has 0 aromatic heterocycles. The largest absolute Gasteiger partial charge is 0.482 e. The molecule has 0 saturated heterocycles. The zero-order valence-corrected chi connectivity index (χ0v) is 7.45. The molecule has 0 aromatic carbocycles. The minimum Gasteiger partial charge on any atom is -0.309 e. The molecule has 1 unspecified atom stereocenters. The lowest BCUT2D eigenvalue weighted by Gasteiger charge is -2.19. The van der Waals surface area contributed by atoms with Gasteiger partial charge in [0.05, 0.1) is 0 Å². The highest BCUT2D eigenvalue weighted by Crippen LogP contribution is 2.36. The summed E-state index contributed by atoms with van der Waals surface area (Å²) >= 11 is 0. The Labute approximate surface area is 79.6 Å². The van der Waals surface area contributed by atoms with Gasteiger partial charge in [0.25, 0.3) is 10.1 Å². The van der Waals surface area contributed by atoms with Crippen molar-refractivity contribution in [3.05, 3.63) is 0 Å². The summed E-state index contributed by atoms with van der Waals surface area (Å²) < 4.78 is 100. The first-order valence-corrected chi connectivity index (χ1v) is 4.57. The van der Waals surface area contributed by atoms with Gasteiger partial charge in [-0.25, -0.2) is 4.39 Å². The summed E-state index contributed by atoms with van der Waals surface area (Å²) in [6, 6.07) is 0. The van der Waals surface area contributed by atoms with Gasteiger partial charge in [0, 0.05) is 0 Å². The standard InChI is InChI=1S/C4H4F6O4S/c5-2(15(11,12)13)1-14-4(9,10)3(6,7)8/h2H,1H2,(H,11,12,13). The first kappa shape index (κ1) is 14.5. The zero-order valence-electron chi connectivity index (χ0n) is 6.63. The molecule has 0 amide bonds. The van der Waals surface area contributed by atoms with E-state index >= 15 is 0 Å². The summed E-state index contributed by atoms with van der Waals surface area (Å²) in [7, 11) is -5.36. The van der Waals surface area contributed by atoms with Crippen LogP contribution in [0.15, 0.2) is 0 Å². The second-order valence-corrected chi connectivity index (χ2v) is 3.79. The van der Waals surface area contributed by atoms with E-state index in [4.69, 9.17) is 4.55 Å². The Morgan fingerprint density at radius 2 is 1.60 bits per heavy atom. The highest BCUT2D eigenvalue weighted by molar-refractivity contribution is 7.86. The van der Waals surface area contributed by atoms with Crippen LogP contribution in [0.4, 0.5) is 26.3 Å². The topological polar surface area (TPSA) is 63.6 Å². The van der Waals surface area contributed by atoms with E-state index in [2.05, 4.69) is 4.74 Å². The van der Waals surface area contributed by atoms with Crippen molar-refractivity contribution in [2.24, 2.45) is 0 Å². The summed E-state index contributed by atoms with van der Waals surface area (Å²) in [6.45, 7) is -2.13. The van der Waals surface area contributed by atoms with E-state index in [0.29, 0.717) is 0 Å². The van der Waals surface area contributed by atoms with Crippen LogP contribution < -0.4 is 0 Å². The van der Waals surface area contributed by atoms with Crippen LogP contribution in [0.1, 0.15) is 0 Å². The molecule has 0 saturated carbocycles. The molecule has 0 bridgehead atoms. The Hall–Kier alpha value is -0.550. The molecule has 0 heterocycles. The van der Waals surface area contributed by atoms with Gasteiger partial charge in [0.2, 0.25) is 5.50 Å². The number of alkyl halides is 6. The molecule has 11 heteroatoms. The molecule has 0 spiro atoms. The van der Waals surface area contributed by atoms with Crippen molar-refractivity contribution in [3.8, 4) is 0 Å². The van der Waals surface area contributed by atoms with Crippen LogP contribution in [0.5, 0.6) is 0 Å². The number of hydrogen-bond donors (Lipinski definition) is 1. The maximum atomic E-state index is 12.2. The van der Waals surface area contributed by atoms with Crippen molar-refractivity contribution < 1.29 is 44.0 Å². The fourth-order valence-corrected chi connectivity index (χ4v) is 0.578. The molecule has 0 radical (unpaired) electrons. The second-order valence-electron chi connectivity index (χ2n) is 2.25. The Kier molecular flexibility index (Phi) is 3.98. The fourth-order valence-electron chi connectivity index (χ4n) is 0.338. The van der Waals surface area contributed by atoms with Gasteiger partial charge in [-0.2, -0.15) is 30.4 Å². The first-order valence-electron chi connectivity index (χ1n) is 3.07. The van der Waals surface area contributed by atoms with E-state index in [-0.39, 0.29) is 0 Å². The normalized spacial score (nSPS) is 16.5. The Balaban J connectivity index is 4.42. The SMILES string of the molecule is O=S(=O)(O)C(F)COC(F)(F)C(F)(F)F. The average Bonchev–Trinajstić information content (AvgIpc) is 1.96. The predicted molar refractivity (Wildman–Crippen MR) is 33.4 cm³/mol. The number of rotatable bonds is 4. The summed E-state index contributed by atoms with van der Waals surface area (Å²) in [6.07, 6.45) is -11.8. The molecule has 0 aliphatic rings. The van der Waals surface area contributed by atoms with E-state index < -0.39 is 34.5 Å². The van der Waals surface area contributed by atoms with Crippen molar-refractivity contribution in [2.75, 3.05) is 6.61 Å². The van der Waals surface area contributed by atoms with Crippen molar-refractivity contribution in [1.82, 2.24) is 0 Å². The van der Waals surface area contributed by atoms with Gasteiger partial charge >= 0.3 is 12.3 Å². The number of ether oxygens (including phenoxy) is 1. The minimum absolute atomic E-state index is 2.13. The summed E-state index contributed by atoms with van der Waals surface area (Å²) in [5.41, 5.74) is -3.37. The Bertz CT molecular complexity index is 308. The number of halogens is 6. The third kappa shape index (κ3) is 4.22. The van der Waals surface area contributed by atoms with Gasteiger partial charge in [-0.1, -0.05) is 0 Å². The number of hydrogen-bond acceptors (Lipinski definition) is 3. The van der Waals surface area contributed by atoms with Crippen LogP contribution in [0.2, 0.25) is 0 Å². The second kappa shape index (κ2) is 4.14. The third-order valence-electron chi connectivity index (χ3n) is 1.05. The van der Waals surface area contributed by atoms with Crippen molar-refractivity contribution in [2.45, 2.75) is 17.8 Å². The molecule has 1 atom stereocenters. The molecule has 4 nitrogen and oxygen atoms in total. The van der Waals surface area contributed by atoms with E-state index in [0.717, 1.165) is 0 Å². The van der Waals surface area contributed by atoms with E-state index in [9.17, 15) is 34.8 Å². The molecule has 1 N–H and O–H groups in total. The third-order valence-corrected chi connectivity index (χ3v) is 1.83.